The minimum Gasteiger partial charge on any atom is -0.486 e. The molecule has 0 saturated carbocycles. The molecule has 0 spiro atoms. The van der Waals surface area contributed by atoms with Crippen LogP contribution < -0.4 is 10.1 Å². The highest BCUT2D eigenvalue weighted by Crippen LogP contribution is 2.42. The number of rotatable bonds is 6. The molecule has 0 aliphatic carbocycles. The molecule has 15 heteroatoms. The standard InChI is InChI=1S/C23H18F6N4O5/c1-22(8-18(23(27,28)29)31-20(37-22)32-21(34)35)13-6-11(2-4-14(13)24)17-7-16(33-38-17)15-5-3-12(9-30-15)36-10-19(25)26/h2-7,9,18-19H,8,10H2,1H3,(H,31,32)(H,34,35)/t18-,22-/m0/s1. The zero-order chi connectivity index (χ0) is 27.7. The molecule has 4 rings (SSSR count). The second kappa shape index (κ2) is 10.2. The monoisotopic (exact) mass is 544 g/mol. The quantitative estimate of drug-likeness (QED) is 0.400. The van der Waals surface area contributed by atoms with E-state index in [-0.39, 0.29) is 28.3 Å². The van der Waals surface area contributed by atoms with E-state index < -0.39 is 55.2 Å². The molecule has 3 aromatic rings. The van der Waals surface area contributed by atoms with Gasteiger partial charge < -0.3 is 19.1 Å². The van der Waals surface area contributed by atoms with Crippen LogP contribution in [-0.4, -0.2) is 52.6 Å². The molecule has 2 aromatic heterocycles. The van der Waals surface area contributed by atoms with Gasteiger partial charge in [-0.05, 0) is 37.3 Å². The summed E-state index contributed by atoms with van der Waals surface area (Å²) in [6.07, 6.45) is -8.82. The molecule has 38 heavy (non-hydrogen) atoms. The second-order valence-electron chi connectivity index (χ2n) is 8.31. The third-order valence-electron chi connectivity index (χ3n) is 5.48. The predicted molar refractivity (Wildman–Crippen MR) is 118 cm³/mol. The Morgan fingerprint density at radius 1 is 1.24 bits per heavy atom. The molecule has 0 saturated heterocycles. The summed E-state index contributed by atoms with van der Waals surface area (Å²) in [6, 6.07) is 4.49. The van der Waals surface area contributed by atoms with Crippen molar-refractivity contribution in [2.75, 3.05) is 6.61 Å². The van der Waals surface area contributed by atoms with Crippen LogP contribution in [0.1, 0.15) is 18.9 Å². The molecule has 2 N–H and O–H groups in total. The Bertz CT molecular complexity index is 1340. The number of aromatic nitrogens is 2. The minimum atomic E-state index is -4.85. The highest BCUT2D eigenvalue weighted by atomic mass is 19.4. The van der Waals surface area contributed by atoms with E-state index in [2.05, 4.69) is 15.1 Å². The number of hydrogen-bond donors (Lipinski definition) is 2. The van der Waals surface area contributed by atoms with Crippen LogP contribution in [-0.2, 0) is 10.3 Å². The fraction of sp³-hybridized carbons (Fsp3) is 0.304. The number of aliphatic imine (C=N–C) groups is 1. The molecule has 1 aliphatic heterocycles. The minimum absolute atomic E-state index is 0.102. The molecule has 9 nitrogen and oxygen atoms in total. The number of nitrogens with one attached hydrogen (secondary N) is 1. The van der Waals surface area contributed by atoms with Crippen LogP contribution in [0.4, 0.5) is 31.1 Å². The van der Waals surface area contributed by atoms with E-state index in [9.17, 15) is 31.1 Å². The van der Waals surface area contributed by atoms with Crippen molar-refractivity contribution in [3.8, 4) is 28.5 Å². The van der Waals surface area contributed by atoms with E-state index in [0.29, 0.717) is 5.69 Å². The third kappa shape index (κ3) is 5.98. The van der Waals surface area contributed by atoms with E-state index >= 15 is 0 Å². The maximum absolute atomic E-state index is 14.9. The van der Waals surface area contributed by atoms with Gasteiger partial charge >= 0.3 is 12.3 Å². The summed E-state index contributed by atoms with van der Waals surface area (Å²) in [5, 5.41) is 14.4. The Morgan fingerprint density at radius 3 is 2.63 bits per heavy atom. The normalized spacial score (nSPS) is 19.6. The number of pyridine rings is 1. The van der Waals surface area contributed by atoms with Crippen LogP contribution in [0.25, 0.3) is 22.7 Å². The Hall–Kier alpha value is -4.30. The van der Waals surface area contributed by atoms with Gasteiger partial charge in [-0.2, -0.15) is 13.2 Å². The van der Waals surface area contributed by atoms with E-state index in [0.717, 1.165) is 6.07 Å². The van der Waals surface area contributed by atoms with Crippen LogP contribution in [0.15, 0.2) is 52.1 Å². The van der Waals surface area contributed by atoms with E-state index in [1.54, 1.807) is 5.32 Å². The number of ether oxygens (including phenoxy) is 2. The van der Waals surface area contributed by atoms with Gasteiger partial charge in [0, 0.05) is 23.6 Å². The first-order valence-electron chi connectivity index (χ1n) is 10.8. The van der Waals surface area contributed by atoms with Crippen LogP contribution in [0.3, 0.4) is 0 Å². The van der Waals surface area contributed by atoms with Gasteiger partial charge in [0.1, 0.15) is 29.5 Å². The van der Waals surface area contributed by atoms with Crippen molar-refractivity contribution in [2.45, 2.75) is 37.6 Å². The van der Waals surface area contributed by atoms with Gasteiger partial charge in [-0.25, -0.2) is 28.3 Å². The number of amidine groups is 1. The van der Waals surface area contributed by atoms with Crippen LogP contribution in [0.5, 0.6) is 5.75 Å². The number of hydrogen-bond acceptors (Lipinski definition) is 7. The Kier molecular flexibility index (Phi) is 7.20. The lowest BCUT2D eigenvalue weighted by molar-refractivity contribution is -0.164. The van der Waals surface area contributed by atoms with Crippen molar-refractivity contribution in [1.82, 2.24) is 15.5 Å². The number of carbonyl (C=O) groups is 1. The summed E-state index contributed by atoms with van der Waals surface area (Å²) in [5.41, 5.74) is -1.52. The molecule has 3 heterocycles. The lowest BCUT2D eigenvalue weighted by atomic mass is 9.86. The lowest BCUT2D eigenvalue weighted by Crippen LogP contribution is -2.48. The molecule has 202 valence electrons. The summed E-state index contributed by atoms with van der Waals surface area (Å²) < 4.78 is 95.6. The molecule has 0 fully saturated rings. The van der Waals surface area contributed by atoms with Gasteiger partial charge in [0.15, 0.2) is 11.8 Å². The molecule has 0 bridgehead atoms. The first-order valence-corrected chi connectivity index (χ1v) is 10.8. The zero-order valence-electron chi connectivity index (χ0n) is 19.3. The van der Waals surface area contributed by atoms with Crippen molar-refractivity contribution < 1.29 is 50.2 Å². The molecule has 0 unspecified atom stereocenters. The van der Waals surface area contributed by atoms with Gasteiger partial charge in [0.05, 0.1) is 11.9 Å². The summed E-state index contributed by atoms with van der Waals surface area (Å²) in [6.45, 7) is 0.383. The number of benzene rings is 1. The average molecular weight is 544 g/mol. The zero-order valence-corrected chi connectivity index (χ0v) is 19.3. The number of amides is 1. The predicted octanol–water partition coefficient (Wildman–Crippen LogP) is 5.38. The van der Waals surface area contributed by atoms with Gasteiger partial charge in [-0.15, -0.1) is 0 Å². The topological polar surface area (TPSA) is 119 Å². The highest BCUT2D eigenvalue weighted by molar-refractivity contribution is 5.90. The van der Waals surface area contributed by atoms with E-state index in [1.165, 1.54) is 43.5 Å². The summed E-state index contributed by atoms with van der Waals surface area (Å²) >= 11 is 0. The first-order chi connectivity index (χ1) is 17.8. The Morgan fingerprint density at radius 2 is 2.00 bits per heavy atom. The maximum Gasteiger partial charge on any atom is 0.412 e. The number of alkyl halides is 5. The maximum atomic E-state index is 14.9. The molecule has 1 amide bonds. The SMILES string of the molecule is C[C@@]1(c2cc(-c3cc(-c4ccc(OCC(F)F)cn4)no3)ccc2F)C[C@@H](C(F)(F)F)N=C(NC(=O)O)O1. The van der Waals surface area contributed by atoms with Gasteiger partial charge in [0.25, 0.3) is 12.4 Å². The van der Waals surface area contributed by atoms with E-state index in [1.807, 2.05) is 0 Å². The number of halogens is 6. The van der Waals surface area contributed by atoms with Gasteiger partial charge in [-0.1, -0.05) is 5.16 Å². The van der Waals surface area contributed by atoms with Crippen LogP contribution in [0.2, 0.25) is 0 Å². The van der Waals surface area contributed by atoms with Crippen molar-refractivity contribution in [3.05, 3.63) is 54.0 Å². The first kappa shape index (κ1) is 26.8. The van der Waals surface area contributed by atoms with Gasteiger partial charge in [0.2, 0.25) is 0 Å². The van der Waals surface area contributed by atoms with Crippen molar-refractivity contribution >= 4 is 12.1 Å². The highest BCUT2D eigenvalue weighted by Gasteiger charge is 2.50. The third-order valence-corrected chi connectivity index (χ3v) is 5.48. The molecule has 1 aliphatic rings. The molecule has 2 atom stereocenters. The summed E-state index contributed by atoms with van der Waals surface area (Å²) in [7, 11) is 0. The average Bonchev–Trinajstić information content (AvgIpc) is 3.32. The van der Waals surface area contributed by atoms with Gasteiger partial charge in [-0.3, -0.25) is 4.98 Å². The number of carboxylic acid groups (broad SMARTS) is 1. The lowest BCUT2D eigenvalue weighted by Gasteiger charge is -2.38. The fourth-order valence-electron chi connectivity index (χ4n) is 3.73. The van der Waals surface area contributed by atoms with Crippen molar-refractivity contribution in [3.63, 3.8) is 0 Å². The van der Waals surface area contributed by atoms with Crippen LogP contribution >= 0.6 is 0 Å². The molecular formula is C23H18F6N4O5. The largest absolute Gasteiger partial charge is 0.486 e. The molecule has 0 radical (unpaired) electrons. The smallest absolute Gasteiger partial charge is 0.412 e. The fourth-order valence-corrected chi connectivity index (χ4v) is 3.73. The Balaban J connectivity index is 1.62. The van der Waals surface area contributed by atoms with Crippen molar-refractivity contribution in [2.24, 2.45) is 4.99 Å². The summed E-state index contributed by atoms with van der Waals surface area (Å²) in [4.78, 5) is 18.3. The summed E-state index contributed by atoms with van der Waals surface area (Å²) in [5.74, 6) is -0.695. The molecule has 1 aromatic carbocycles. The van der Waals surface area contributed by atoms with Crippen molar-refractivity contribution in [1.29, 1.82) is 0 Å². The second-order valence-corrected chi connectivity index (χ2v) is 8.31. The molecular weight excluding hydrogens is 526 g/mol. The van der Waals surface area contributed by atoms with E-state index in [4.69, 9.17) is 19.1 Å². The van der Waals surface area contributed by atoms with Crippen LogP contribution in [0, 0.1) is 5.82 Å². The Labute approximate surface area is 210 Å². The number of nitrogens with zero attached hydrogens (tertiary/aromatic N) is 3.